The highest BCUT2D eigenvalue weighted by molar-refractivity contribution is 5.83. The van der Waals surface area contributed by atoms with E-state index in [-0.39, 0.29) is 0 Å². The molecule has 2 N–H and O–H groups in total. The summed E-state index contributed by atoms with van der Waals surface area (Å²) in [5.41, 5.74) is 7.88. The summed E-state index contributed by atoms with van der Waals surface area (Å²) in [6.07, 6.45) is 1.72. The van der Waals surface area contributed by atoms with Gasteiger partial charge in [0, 0.05) is 11.3 Å². The van der Waals surface area contributed by atoms with Crippen molar-refractivity contribution in [3.63, 3.8) is 0 Å². The molecular formula is C9H11NO. The number of rotatable bonds is 2. The summed E-state index contributed by atoms with van der Waals surface area (Å²) < 4.78 is 0. The fraction of sp³-hybridized carbons (Fsp3) is 0.222. The highest BCUT2D eigenvalue weighted by atomic mass is 16.1. The lowest BCUT2D eigenvalue weighted by molar-refractivity contribution is 0.112. The molecule has 1 aromatic carbocycles. The molecule has 11 heavy (non-hydrogen) atoms. The standard InChI is InChI=1S/C9H11NO/c1-2-7-3-4-8(6-11)9(10)5-7/h3-6H,2,10H2,1H3. The molecule has 2 nitrogen and oxygen atoms in total. The second-order valence-electron chi connectivity index (χ2n) is 2.43. The maximum absolute atomic E-state index is 10.3. The second kappa shape index (κ2) is 3.19. The molecule has 0 radical (unpaired) electrons. The number of aldehydes is 1. The molecule has 0 aliphatic rings. The Balaban J connectivity index is 3.09. The minimum Gasteiger partial charge on any atom is -0.398 e. The normalized spacial score (nSPS) is 9.55. The van der Waals surface area contributed by atoms with Gasteiger partial charge in [-0.2, -0.15) is 0 Å². The molecule has 0 atom stereocenters. The Kier molecular flexibility index (Phi) is 2.26. The topological polar surface area (TPSA) is 43.1 Å². The van der Waals surface area contributed by atoms with E-state index in [0.717, 1.165) is 18.3 Å². The zero-order chi connectivity index (χ0) is 8.27. The molecule has 0 spiro atoms. The smallest absolute Gasteiger partial charge is 0.152 e. The molecule has 0 saturated heterocycles. The molecular weight excluding hydrogens is 138 g/mol. The zero-order valence-corrected chi connectivity index (χ0v) is 6.50. The Morgan fingerprint density at radius 3 is 2.73 bits per heavy atom. The van der Waals surface area contributed by atoms with Crippen molar-refractivity contribution in [3.05, 3.63) is 29.3 Å². The van der Waals surface area contributed by atoms with Crippen LogP contribution in [0, 0.1) is 0 Å². The number of anilines is 1. The van der Waals surface area contributed by atoms with Crippen molar-refractivity contribution in [1.82, 2.24) is 0 Å². The van der Waals surface area contributed by atoms with Crippen LogP contribution in [0.2, 0.25) is 0 Å². The van der Waals surface area contributed by atoms with Gasteiger partial charge in [-0.05, 0) is 24.1 Å². The minimum absolute atomic E-state index is 0.569. The van der Waals surface area contributed by atoms with E-state index in [1.165, 1.54) is 0 Å². The molecule has 0 bridgehead atoms. The Hall–Kier alpha value is -1.31. The fourth-order valence-electron chi connectivity index (χ4n) is 0.951. The SMILES string of the molecule is CCc1ccc(C=O)c(N)c1. The number of nitrogen functional groups attached to an aromatic ring is 1. The summed E-state index contributed by atoms with van der Waals surface area (Å²) in [6.45, 7) is 2.05. The van der Waals surface area contributed by atoms with Gasteiger partial charge in [0.15, 0.2) is 6.29 Å². The molecule has 1 rings (SSSR count). The molecule has 0 unspecified atom stereocenters. The van der Waals surface area contributed by atoms with Gasteiger partial charge in [0.25, 0.3) is 0 Å². The van der Waals surface area contributed by atoms with Crippen molar-refractivity contribution in [2.75, 3.05) is 5.73 Å². The molecule has 2 heteroatoms. The van der Waals surface area contributed by atoms with E-state index in [2.05, 4.69) is 6.92 Å². The quantitative estimate of drug-likeness (QED) is 0.513. The van der Waals surface area contributed by atoms with Gasteiger partial charge in [0.1, 0.15) is 0 Å². The van der Waals surface area contributed by atoms with Gasteiger partial charge < -0.3 is 5.73 Å². The van der Waals surface area contributed by atoms with E-state index in [4.69, 9.17) is 5.73 Å². The van der Waals surface area contributed by atoms with Gasteiger partial charge in [-0.15, -0.1) is 0 Å². The number of hydrogen-bond donors (Lipinski definition) is 1. The van der Waals surface area contributed by atoms with Crippen molar-refractivity contribution < 1.29 is 4.79 Å². The van der Waals surface area contributed by atoms with E-state index in [1.807, 2.05) is 12.1 Å². The lowest BCUT2D eigenvalue weighted by Crippen LogP contribution is -1.93. The van der Waals surface area contributed by atoms with Crippen LogP contribution in [0.4, 0.5) is 5.69 Å². The molecule has 1 aromatic rings. The van der Waals surface area contributed by atoms with Crippen LogP contribution in [0.1, 0.15) is 22.8 Å². The first kappa shape index (κ1) is 7.79. The first-order chi connectivity index (χ1) is 5.27. The van der Waals surface area contributed by atoms with E-state index < -0.39 is 0 Å². The van der Waals surface area contributed by atoms with Gasteiger partial charge in [-0.1, -0.05) is 13.0 Å². The maximum Gasteiger partial charge on any atom is 0.152 e. The Morgan fingerprint density at radius 2 is 2.27 bits per heavy atom. The summed E-state index contributed by atoms with van der Waals surface area (Å²) >= 11 is 0. The van der Waals surface area contributed by atoms with Gasteiger partial charge in [-0.25, -0.2) is 0 Å². The lowest BCUT2D eigenvalue weighted by Gasteiger charge is -2.00. The number of nitrogens with two attached hydrogens (primary N) is 1. The highest BCUT2D eigenvalue weighted by Gasteiger charge is 1.96. The van der Waals surface area contributed by atoms with Crippen molar-refractivity contribution >= 4 is 12.0 Å². The van der Waals surface area contributed by atoms with Crippen molar-refractivity contribution in [1.29, 1.82) is 0 Å². The zero-order valence-electron chi connectivity index (χ0n) is 6.50. The van der Waals surface area contributed by atoms with Crippen LogP contribution < -0.4 is 5.73 Å². The average Bonchev–Trinajstić information content (AvgIpc) is 2.04. The van der Waals surface area contributed by atoms with Gasteiger partial charge >= 0.3 is 0 Å². The Labute approximate surface area is 66.0 Å². The van der Waals surface area contributed by atoms with Crippen LogP contribution in [-0.2, 0) is 6.42 Å². The summed E-state index contributed by atoms with van der Waals surface area (Å²) in [6, 6.07) is 5.50. The summed E-state index contributed by atoms with van der Waals surface area (Å²) in [5, 5.41) is 0. The van der Waals surface area contributed by atoms with Crippen LogP contribution >= 0.6 is 0 Å². The minimum atomic E-state index is 0.569. The molecule has 58 valence electrons. The Bertz CT molecular complexity index is 268. The van der Waals surface area contributed by atoms with Gasteiger partial charge in [0.2, 0.25) is 0 Å². The van der Waals surface area contributed by atoms with E-state index in [9.17, 15) is 4.79 Å². The molecule has 0 aliphatic carbocycles. The fourth-order valence-corrected chi connectivity index (χ4v) is 0.951. The van der Waals surface area contributed by atoms with Gasteiger partial charge in [-0.3, -0.25) is 4.79 Å². The number of hydrogen-bond acceptors (Lipinski definition) is 2. The third-order valence-electron chi connectivity index (χ3n) is 1.69. The maximum atomic E-state index is 10.3. The van der Waals surface area contributed by atoms with Crippen LogP contribution in [0.3, 0.4) is 0 Å². The van der Waals surface area contributed by atoms with Crippen molar-refractivity contribution in [2.24, 2.45) is 0 Å². The average molecular weight is 149 g/mol. The third kappa shape index (κ3) is 1.58. The summed E-state index contributed by atoms with van der Waals surface area (Å²) in [5.74, 6) is 0. The van der Waals surface area contributed by atoms with Crippen LogP contribution in [0.25, 0.3) is 0 Å². The first-order valence-electron chi connectivity index (χ1n) is 3.61. The summed E-state index contributed by atoms with van der Waals surface area (Å²) in [7, 11) is 0. The largest absolute Gasteiger partial charge is 0.398 e. The van der Waals surface area contributed by atoms with Crippen LogP contribution in [0.5, 0.6) is 0 Å². The highest BCUT2D eigenvalue weighted by Crippen LogP contribution is 2.12. The van der Waals surface area contributed by atoms with Crippen molar-refractivity contribution in [2.45, 2.75) is 13.3 Å². The predicted octanol–water partition coefficient (Wildman–Crippen LogP) is 1.64. The molecule has 0 fully saturated rings. The molecule has 0 aromatic heterocycles. The molecule has 0 amide bonds. The third-order valence-corrected chi connectivity index (χ3v) is 1.69. The predicted molar refractivity (Wildman–Crippen MR) is 45.6 cm³/mol. The van der Waals surface area contributed by atoms with Crippen LogP contribution in [-0.4, -0.2) is 6.29 Å². The molecule has 0 heterocycles. The van der Waals surface area contributed by atoms with Crippen LogP contribution in [0.15, 0.2) is 18.2 Å². The molecule has 0 aliphatic heterocycles. The number of aryl methyl sites for hydroxylation is 1. The monoisotopic (exact) mass is 149 g/mol. The first-order valence-corrected chi connectivity index (χ1v) is 3.61. The van der Waals surface area contributed by atoms with Crippen molar-refractivity contribution in [3.8, 4) is 0 Å². The number of carbonyl (C=O) groups excluding carboxylic acids is 1. The van der Waals surface area contributed by atoms with Gasteiger partial charge in [0.05, 0.1) is 0 Å². The second-order valence-corrected chi connectivity index (χ2v) is 2.43. The lowest BCUT2D eigenvalue weighted by atomic mass is 10.1. The Morgan fingerprint density at radius 1 is 1.55 bits per heavy atom. The molecule has 0 saturated carbocycles. The number of carbonyl (C=O) groups is 1. The number of benzene rings is 1. The van der Waals surface area contributed by atoms with E-state index in [1.54, 1.807) is 6.07 Å². The van der Waals surface area contributed by atoms with E-state index >= 15 is 0 Å². The summed E-state index contributed by atoms with van der Waals surface area (Å²) in [4.78, 5) is 10.3. The van der Waals surface area contributed by atoms with E-state index in [0.29, 0.717) is 11.3 Å².